The summed E-state index contributed by atoms with van der Waals surface area (Å²) in [6.45, 7) is 10.1. The molecule has 0 spiro atoms. The van der Waals surface area contributed by atoms with E-state index in [1.807, 2.05) is 26.8 Å². The number of carboxylic acid groups (broad SMARTS) is 1. The third-order valence-corrected chi connectivity index (χ3v) is 7.03. The molecule has 4 nitrogen and oxygen atoms in total. The molecule has 2 unspecified atom stereocenters. The highest BCUT2D eigenvalue weighted by molar-refractivity contribution is 7.99. The zero-order chi connectivity index (χ0) is 24.7. The van der Waals surface area contributed by atoms with Crippen molar-refractivity contribution in [2.45, 2.75) is 122 Å². The maximum atomic E-state index is 12.6. The molecule has 188 valence electrons. The summed E-state index contributed by atoms with van der Waals surface area (Å²) >= 11 is 1.55. The lowest BCUT2D eigenvalue weighted by Gasteiger charge is -2.25. The molecule has 0 aromatic heterocycles. The van der Waals surface area contributed by atoms with E-state index in [9.17, 15) is 9.59 Å². The van der Waals surface area contributed by atoms with Gasteiger partial charge < -0.3 is 9.84 Å². The fourth-order valence-electron chi connectivity index (χ4n) is 4.07. The van der Waals surface area contributed by atoms with Crippen LogP contribution in [0.3, 0.4) is 0 Å². The molecule has 1 aromatic rings. The zero-order valence-corrected chi connectivity index (χ0v) is 22.3. The Bertz CT molecular complexity index is 695. The molecular formula is C28H46O4S. The second-order valence-electron chi connectivity index (χ2n) is 10.1. The first-order valence-corrected chi connectivity index (χ1v) is 13.8. The van der Waals surface area contributed by atoms with Gasteiger partial charge in [0.15, 0.2) is 0 Å². The first-order chi connectivity index (χ1) is 15.6. The predicted octanol–water partition coefficient (Wildman–Crippen LogP) is 8.30. The number of benzene rings is 1. The Morgan fingerprint density at radius 2 is 1.55 bits per heavy atom. The Balaban J connectivity index is 2.77. The normalized spacial score (nSPS) is 13.5. The van der Waals surface area contributed by atoms with E-state index < -0.39 is 11.6 Å². The number of hydrogen-bond acceptors (Lipinski definition) is 4. The Kier molecular flexibility index (Phi) is 14.5. The Hall–Kier alpha value is -1.49. The average Bonchev–Trinajstić information content (AvgIpc) is 2.73. The fourth-order valence-corrected chi connectivity index (χ4v) is 5.30. The van der Waals surface area contributed by atoms with Gasteiger partial charge >= 0.3 is 11.9 Å². The molecule has 0 aliphatic heterocycles. The molecule has 1 rings (SSSR count). The molecule has 0 saturated heterocycles. The summed E-state index contributed by atoms with van der Waals surface area (Å²) in [5, 5.41) is 8.97. The van der Waals surface area contributed by atoms with Crippen LogP contribution in [0.2, 0.25) is 0 Å². The minimum atomic E-state index is -0.810. The highest BCUT2D eigenvalue weighted by atomic mass is 32.2. The average molecular weight is 479 g/mol. The van der Waals surface area contributed by atoms with Gasteiger partial charge in [-0.15, -0.1) is 0 Å². The van der Waals surface area contributed by atoms with Crippen LogP contribution in [0.4, 0.5) is 0 Å². The molecule has 0 aliphatic carbocycles. The van der Waals surface area contributed by atoms with E-state index in [1.54, 1.807) is 11.8 Å². The Morgan fingerprint density at radius 1 is 0.970 bits per heavy atom. The maximum Gasteiger partial charge on any atom is 0.307 e. The van der Waals surface area contributed by atoms with Gasteiger partial charge in [0.25, 0.3) is 0 Å². The lowest BCUT2D eigenvalue weighted by molar-refractivity contribution is -0.154. The number of hydrogen-bond donors (Lipinski definition) is 1. The molecule has 0 aliphatic rings. The van der Waals surface area contributed by atoms with Crippen LogP contribution >= 0.6 is 11.8 Å². The second-order valence-corrected chi connectivity index (χ2v) is 11.4. The van der Waals surface area contributed by atoms with E-state index in [-0.39, 0.29) is 24.1 Å². The summed E-state index contributed by atoms with van der Waals surface area (Å²) < 4.78 is 5.58. The van der Waals surface area contributed by atoms with Crippen molar-refractivity contribution in [1.82, 2.24) is 0 Å². The highest BCUT2D eigenvalue weighted by Gasteiger charge is 2.25. The lowest BCUT2D eigenvalue weighted by Crippen LogP contribution is -2.24. The van der Waals surface area contributed by atoms with Crippen molar-refractivity contribution in [1.29, 1.82) is 0 Å². The number of esters is 1. The molecule has 0 amide bonds. The topological polar surface area (TPSA) is 63.6 Å². The predicted molar refractivity (Wildman–Crippen MR) is 140 cm³/mol. The number of rotatable bonds is 17. The summed E-state index contributed by atoms with van der Waals surface area (Å²) in [6, 6.07) is 8.35. The van der Waals surface area contributed by atoms with Gasteiger partial charge in [-0.25, -0.2) is 0 Å². The smallest absolute Gasteiger partial charge is 0.307 e. The molecule has 0 fully saturated rings. The summed E-state index contributed by atoms with van der Waals surface area (Å²) in [5.41, 5.74) is 1.89. The number of carboxylic acids is 1. The number of carbonyl (C=O) groups excluding carboxylic acids is 1. The van der Waals surface area contributed by atoms with Crippen molar-refractivity contribution >= 4 is 23.7 Å². The van der Waals surface area contributed by atoms with Gasteiger partial charge in [0.05, 0.1) is 12.8 Å². The van der Waals surface area contributed by atoms with Crippen molar-refractivity contribution in [3.05, 3.63) is 35.4 Å². The van der Waals surface area contributed by atoms with Crippen molar-refractivity contribution in [2.24, 2.45) is 0 Å². The fraction of sp³-hybridized carbons (Fsp3) is 0.714. The van der Waals surface area contributed by atoms with Gasteiger partial charge in [0, 0.05) is 11.0 Å². The van der Waals surface area contributed by atoms with Gasteiger partial charge in [-0.2, -0.15) is 11.8 Å². The van der Waals surface area contributed by atoms with Crippen LogP contribution in [0.15, 0.2) is 24.3 Å². The highest BCUT2D eigenvalue weighted by Crippen LogP contribution is 2.39. The first kappa shape index (κ1) is 29.5. The molecule has 0 heterocycles. The largest absolute Gasteiger partial charge is 0.481 e. The van der Waals surface area contributed by atoms with Crippen LogP contribution in [0.25, 0.3) is 0 Å². The Labute approximate surface area is 206 Å². The molecule has 1 N–H and O–H groups in total. The van der Waals surface area contributed by atoms with Crippen LogP contribution in [-0.2, 0) is 14.3 Å². The first-order valence-electron chi connectivity index (χ1n) is 12.8. The third-order valence-electron chi connectivity index (χ3n) is 5.77. The number of unbranched alkanes of at least 4 members (excludes halogenated alkanes) is 7. The standard InChI is InChI=1S/C28H46O4S/c1-6-7-8-9-10-11-12-13-16-22(2)23-17-14-15-18-24(23)25(33-20-19-26(29)30)21-27(31)32-28(3,4)5/h14-15,17-18,22,25H,6-13,16,19-21H2,1-5H3,(H,29,30). The van der Waals surface area contributed by atoms with Crippen molar-refractivity contribution in [3.63, 3.8) is 0 Å². The second kappa shape index (κ2) is 16.2. The molecular weight excluding hydrogens is 432 g/mol. The Morgan fingerprint density at radius 3 is 2.12 bits per heavy atom. The summed E-state index contributed by atoms with van der Waals surface area (Å²) in [7, 11) is 0. The van der Waals surface area contributed by atoms with Gasteiger partial charge in [0.2, 0.25) is 0 Å². The summed E-state index contributed by atoms with van der Waals surface area (Å²) in [4.78, 5) is 23.6. The number of carbonyl (C=O) groups is 2. The van der Waals surface area contributed by atoms with E-state index >= 15 is 0 Å². The lowest BCUT2D eigenvalue weighted by atomic mass is 9.89. The molecule has 0 saturated carbocycles. The summed E-state index contributed by atoms with van der Waals surface area (Å²) in [6.07, 6.45) is 12.0. The van der Waals surface area contributed by atoms with Gasteiger partial charge in [-0.1, -0.05) is 89.5 Å². The van der Waals surface area contributed by atoms with E-state index in [1.165, 1.54) is 56.9 Å². The van der Waals surface area contributed by atoms with Crippen LogP contribution < -0.4 is 0 Å². The minimum absolute atomic E-state index is 0.0888. The van der Waals surface area contributed by atoms with Crippen molar-refractivity contribution < 1.29 is 19.4 Å². The molecule has 33 heavy (non-hydrogen) atoms. The minimum Gasteiger partial charge on any atom is -0.481 e. The quantitative estimate of drug-likeness (QED) is 0.180. The van der Waals surface area contributed by atoms with E-state index in [0.717, 1.165) is 12.0 Å². The van der Waals surface area contributed by atoms with E-state index in [2.05, 4.69) is 32.0 Å². The van der Waals surface area contributed by atoms with Crippen LogP contribution in [0.5, 0.6) is 0 Å². The summed E-state index contributed by atoms with van der Waals surface area (Å²) in [5.74, 6) is -0.165. The van der Waals surface area contributed by atoms with Crippen LogP contribution in [0.1, 0.15) is 128 Å². The van der Waals surface area contributed by atoms with Crippen LogP contribution in [0, 0.1) is 0 Å². The molecule has 5 heteroatoms. The number of ether oxygens (including phenoxy) is 1. The van der Waals surface area contributed by atoms with Crippen molar-refractivity contribution in [3.8, 4) is 0 Å². The van der Waals surface area contributed by atoms with Gasteiger partial charge in [-0.05, 0) is 44.2 Å². The SMILES string of the molecule is CCCCCCCCCCC(C)c1ccccc1C(CC(=O)OC(C)(C)C)SCCC(=O)O. The monoisotopic (exact) mass is 478 g/mol. The zero-order valence-electron chi connectivity index (χ0n) is 21.5. The molecule has 1 aromatic carbocycles. The van der Waals surface area contributed by atoms with Gasteiger partial charge in [-0.3, -0.25) is 9.59 Å². The van der Waals surface area contributed by atoms with Crippen LogP contribution in [-0.4, -0.2) is 28.4 Å². The molecule has 2 atom stereocenters. The van der Waals surface area contributed by atoms with Crippen molar-refractivity contribution in [2.75, 3.05) is 5.75 Å². The van der Waals surface area contributed by atoms with E-state index in [0.29, 0.717) is 11.7 Å². The van der Waals surface area contributed by atoms with Gasteiger partial charge in [0.1, 0.15) is 5.60 Å². The number of aliphatic carboxylic acids is 1. The number of thioether (sulfide) groups is 1. The van der Waals surface area contributed by atoms with E-state index in [4.69, 9.17) is 9.84 Å². The molecule has 0 radical (unpaired) electrons. The maximum absolute atomic E-state index is 12.6. The third kappa shape index (κ3) is 13.7. The molecule has 0 bridgehead atoms.